The minimum absolute atomic E-state index is 0.249. The van der Waals surface area contributed by atoms with Crippen LogP contribution in [0, 0.1) is 0 Å². The van der Waals surface area contributed by atoms with E-state index in [1.165, 1.54) is 6.26 Å². The number of furan rings is 1. The zero-order chi connectivity index (χ0) is 19.3. The van der Waals surface area contributed by atoms with E-state index in [1.54, 1.807) is 19.2 Å². The molecule has 1 heterocycles. The Hall–Kier alpha value is -3.16. The smallest absolute Gasteiger partial charge is 0.287 e. The fourth-order valence-electron chi connectivity index (χ4n) is 2.18. The van der Waals surface area contributed by atoms with Gasteiger partial charge in [-0.2, -0.15) is 0 Å². The summed E-state index contributed by atoms with van der Waals surface area (Å²) in [5.74, 6) is 2.28. The Morgan fingerprint density at radius 1 is 1.07 bits per heavy atom. The van der Waals surface area contributed by atoms with E-state index in [4.69, 9.17) is 13.9 Å². The van der Waals surface area contributed by atoms with Gasteiger partial charge in [0.2, 0.25) is 0 Å². The van der Waals surface area contributed by atoms with Gasteiger partial charge in [0.1, 0.15) is 18.1 Å². The van der Waals surface area contributed by atoms with Crippen LogP contribution < -0.4 is 25.4 Å². The summed E-state index contributed by atoms with van der Waals surface area (Å²) in [5, 5.41) is 9.09. The highest BCUT2D eigenvalue weighted by molar-refractivity contribution is 5.91. The molecule has 0 aliphatic carbocycles. The summed E-state index contributed by atoms with van der Waals surface area (Å²) >= 11 is 0. The fraction of sp³-hybridized carbons (Fsp3) is 0.368. The average molecular weight is 374 g/mol. The Morgan fingerprint density at radius 3 is 2.52 bits per heavy atom. The molecule has 0 radical (unpaired) electrons. The number of amides is 1. The maximum absolute atomic E-state index is 11.8. The number of hydrogen-bond acceptors (Lipinski definition) is 5. The first-order valence-electron chi connectivity index (χ1n) is 8.83. The molecule has 0 fully saturated rings. The predicted molar refractivity (Wildman–Crippen MR) is 104 cm³/mol. The Morgan fingerprint density at radius 2 is 1.85 bits per heavy atom. The van der Waals surface area contributed by atoms with Crippen molar-refractivity contribution in [2.75, 3.05) is 39.9 Å². The van der Waals surface area contributed by atoms with E-state index < -0.39 is 0 Å². The second-order valence-corrected chi connectivity index (χ2v) is 5.44. The largest absolute Gasteiger partial charge is 0.497 e. The Kier molecular flexibility index (Phi) is 8.55. The number of hydrogen-bond donors (Lipinski definition) is 3. The van der Waals surface area contributed by atoms with Gasteiger partial charge in [-0.1, -0.05) is 0 Å². The number of carbonyl (C=O) groups excluding carboxylic acids is 1. The third-order valence-corrected chi connectivity index (χ3v) is 3.48. The molecular formula is C19H26N4O4. The van der Waals surface area contributed by atoms with Crippen LogP contribution in [-0.4, -0.2) is 51.8 Å². The van der Waals surface area contributed by atoms with Gasteiger partial charge in [-0.05, 0) is 43.3 Å². The summed E-state index contributed by atoms with van der Waals surface area (Å²) in [5.41, 5.74) is 0. The van der Waals surface area contributed by atoms with Gasteiger partial charge in [-0.15, -0.1) is 0 Å². The minimum Gasteiger partial charge on any atom is -0.497 e. The van der Waals surface area contributed by atoms with Crippen LogP contribution >= 0.6 is 0 Å². The molecule has 0 bridgehead atoms. The van der Waals surface area contributed by atoms with Gasteiger partial charge < -0.3 is 29.8 Å². The molecule has 0 unspecified atom stereocenters. The van der Waals surface area contributed by atoms with Crippen LogP contribution in [-0.2, 0) is 0 Å². The highest BCUT2D eigenvalue weighted by Crippen LogP contribution is 2.16. The van der Waals surface area contributed by atoms with Crippen LogP contribution in [0.15, 0.2) is 52.1 Å². The van der Waals surface area contributed by atoms with E-state index in [2.05, 4.69) is 20.9 Å². The van der Waals surface area contributed by atoms with Crippen molar-refractivity contribution in [3.8, 4) is 11.5 Å². The highest BCUT2D eigenvalue weighted by atomic mass is 16.5. The molecule has 2 aromatic rings. The highest BCUT2D eigenvalue weighted by Gasteiger charge is 2.06. The lowest BCUT2D eigenvalue weighted by molar-refractivity contribution is 0.0927. The standard InChI is InChI=1S/C19H26N4O4/c1-3-20-19(22-11-10-21-18(24)17-5-4-13-27-17)23-12-14-26-16-8-6-15(25-2)7-9-16/h4-9,13H,3,10-12,14H2,1-2H3,(H,21,24)(H2,20,22,23). The van der Waals surface area contributed by atoms with Gasteiger partial charge in [0.25, 0.3) is 5.91 Å². The number of nitrogens with one attached hydrogen (secondary N) is 3. The first kappa shape index (κ1) is 20.2. The minimum atomic E-state index is -0.249. The van der Waals surface area contributed by atoms with Gasteiger partial charge in [0.05, 0.1) is 26.5 Å². The van der Waals surface area contributed by atoms with Crippen molar-refractivity contribution in [3.63, 3.8) is 0 Å². The quantitative estimate of drug-likeness (QED) is 0.332. The molecule has 2 rings (SSSR count). The summed E-state index contributed by atoms with van der Waals surface area (Å²) in [6.45, 7) is 4.68. The summed E-state index contributed by atoms with van der Waals surface area (Å²) in [6.07, 6.45) is 1.47. The second kappa shape index (κ2) is 11.5. The molecule has 0 saturated heterocycles. The summed E-state index contributed by atoms with van der Waals surface area (Å²) in [4.78, 5) is 16.2. The van der Waals surface area contributed by atoms with Gasteiger partial charge in [-0.25, -0.2) is 0 Å². The Labute approximate surface area is 159 Å². The lowest BCUT2D eigenvalue weighted by Crippen LogP contribution is -2.40. The molecule has 8 nitrogen and oxygen atoms in total. The third-order valence-electron chi connectivity index (χ3n) is 3.48. The van der Waals surface area contributed by atoms with E-state index in [1.807, 2.05) is 31.2 Å². The molecule has 3 N–H and O–H groups in total. The van der Waals surface area contributed by atoms with Crippen molar-refractivity contribution >= 4 is 11.9 Å². The van der Waals surface area contributed by atoms with E-state index in [-0.39, 0.29) is 5.91 Å². The molecule has 1 aromatic heterocycles. The number of aliphatic imine (C=N–C) groups is 1. The number of methoxy groups -OCH3 is 1. The molecular weight excluding hydrogens is 348 g/mol. The summed E-state index contributed by atoms with van der Waals surface area (Å²) in [6, 6.07) is 10.7. The fourth-order valence-corrected chi connectivity index (χ4v) is 2.18. The van der Waals surface area contributed by atoms with Crippen molar-refractivity contribution in [1.29, 1.82) is 0 Å². The Bertz CT molecular complexity index is 699. The van der Waals surface area contributed by atoms with Crippen molar-refractivity contribution in [3.05, 3.63) is 48.4 Å². The first-order valence-corrected chi connectivity index (χ1v) is 8.83. The molecule has 1 aromatic carbocycles. The van der Waals surface area contributed by atoms with E-state index in [0.717, 1.165) is 18.0 Å². The third kappa shape index (κ3) is 7.31. The van der Waals surface area contributed by atoms with Gasteiger partial charge in [0.15, 0.2) is 11.7 Å². The van der Waals surface area contributed by atoms with E-state index in [0.29, 0.717) is 38.0 Å². The van der Waals surface area contributed by atoms with Crippen LogP contribution in [0.4, 0.5) is 0 Å². The van der Waals surface area contributed by atoms with Crippen molar-refractivity contribution in [2.45, 2.75) is 6.92 Å². The topological polar surface area (TPSA) is 97.1 Å². The molecule has 0 aliphatic heterocycles. The second-order valence-electron chi connectivity index (χ2n) is 5.44. The number of carbonyl (C=O) groups is 1. The average Bonchev–Trinajstić information content (AvgIpc) is 3.23. The maximum Gasteiger partial charge on any atom is 0.287 e. The number of benzene rings is 1. The molecule has 8 heteroatoms. The number of nitrogens with zero attached hydrogens (tertiary/aromatic N) is 1. The first-order chi connectivity index (χ1) is 13.2. The molecule has 27 heavy (non-hydrogen) atoms. The SMILES string of the molecule is CCNC(=NCCNC(=O)c1ccco1)NCCOc1ccc(OC)cc1. The van der Waals surface area contributed by atoms with Gasteiger partial charge in [0, 0.05) is 13.1 Å². The zero-order valence-corrected chi connectivity index (χ0v) is 15.7. The van der Waals surface area contributed by atoms with Gasteiger partial charge in [-0.3, -0.25) is 9.79 Å². The number of ether oxygens (including phenoxy) is 2. The molecule has 0 saturated carbocycles. The monoisotopic (exact) mass is 374 g/mol. The molecule has 0 spiro atoms. The molecule has 1 amide bonds. The number of rotatable bonds is 10. The normalized spacial score (nSPS) is 11.0. The summed E-state index contributed by atoms with van der Waals surface area (Å²) in [7, 11) is 1.63. The molecule has 0 atom stereocenters. The Balaban J connectivity index is 1.67. The van der Waals surface area contributed by atoms with Crippen LogP contribution in [0.25, 0.3) is 0 Å². The lowest BCUT2D eigenvalue weighted by Gasteiger charge is -2.12. The zero-order valence-electron chi connectivity index (χ0n) is 15.7. The van der Waals surface area contributed by atoms with Crippen LogP contribution in [0.2, 0.25) is 0 Å². The number of guanidine groups is 1. The molecule has 146 valence electrons. The maximum atomic E-state index is 11.8. The molecule has 0 aliphatic rings. The van der Waals surface area contributed by atoms with E-state index in [9.17, 15) is 4.79 Å². The van der Waals surface area contributed by atoms with Gasteiger partial charge >= 0.3 is 0 Å². The summed E-state index contributed by atoms with van der Waals surface area (Å²) < 4.78 is 15.8. The van der Waals surface area contributed by atoms with Crippen LogP contribution in [0.5, 0.6) is 11.5 Å². The lowest BCUT2D eigenvalue weighted by atomic mass is 10.3. The van der Waals surface area contributed by atoms with Crippen LogP contribution in [0.1, 0.15) is 17.5 Å². The van der Waals surface area contributed by atoms with Crippen LogP contribution in [0.3, 0.4) is 0 Å². The van der Waals surface area contributed by atoms with Crippen molar-refractivity contribution in [1.82, 2.24) is 16.0 Å². The van der Waals surface area contributed by atoms with Crippen molar-refractivity contribution in [2.24, 2.45) is 4.99 Å². The van der Waals surface area contributed by atoms with E-state index >= 15 is 0 Å². The van der Waals surface area contributed by atoms with Crippen molar-refractivity contribution < 1.29 is 18.7 Å². The predicted octanol–water partition coefficient (Wildman–Crippen LogP) is 1.65.